The maximum Gasteiger partial charge on any atom is 0.108 e. The first kappa shape index (κ1) is 10.9. The standard InChI is InChI=1S/C9H19NO3/c1-3-4-10-5-7(11)9(13)8(12)6(10)2/h6-9,11-13H,3-5H2,1-2H3/t6?,7?,8-,9?/m0/s1. The molecule has 4 atom stereocenters. The molecule has 1 aliphatic rings. The molecular weight excluding hydrogens is 170 g/mol. The third kappa shape index (κ3) is 2.20. The maximum atomic E-state index is 9.56. The zero-order chi connectivity index (χ0) is 10.0. The van der Waals surface area contributed by atoms with Gasteiger partial charge in [0.15, 0.2) is 0 Å². The molecule has 1 heterocycles. The van der Waals surface area contributed by atoms with Crippen LogP contribution in [0.2, 0.25) is 0 Å². The van der Waals surface area contributed by atoms with E-state index >= 15 is 0 Å². The Labute approximate surface area is 78.8 Å². The normalized spacial score (nSPS) is 42.2. The van der Waals surface area contributed by atoms with Crippen molar-refractivity contribution < 1.29 is 15.3 Å². The van der Waals surface area contributed by atoms with E-state index in [9.17, 15) is 15.3 Å². The number of rotatable bonds is 2. The van der Waals surface area contributed by atoms with E-state index in [-0.39, 0.29) is 6.04 Å². The van der Waals surface area contributed by atoms with Gasteiger partial charge in [-0.3, -0.25) is 4.90 Å². The van der Waals surface area contributed by atoms with E-state index in [4.69, 9.17) is 0 Å². The Hall–Kier alpha value is -0.160. The van der Waals surface area contributed by atoms with Gasteiger partial charge in [0.1, 0.15) is 6.10 Å². The monoisotopic (exact) mass is 189 g/mol. The zero-order valence-electron chi connectivity index (χ0n) is 8.22. The lowest BCUT2D eigenvalue weighted by Gasteiger charge is -2.42. The minimum Gasteiger partial charge on any atom is -0.389 e. The van der Waals surface area contributed by atoms with E-state index in [1.807, 2.05) is 11.8 Å². The first-order valence-corrected chi connectivity index (χ1v) is 4.86. The quantitative estimate of drug-likeness (QED) is 0.531. The highest BCUT2D eigenvalue weighted by Crippen LogP contribution is 2.18. The predicted octanol–water partition coefficient (Wildman–Crippen LogP) is -0.817. The molecule has 0 aromatic rings. The Bertz CT molecular complexity index is 165. The Balaban J connectivity index is 2.59. The van der Waals surface area contributed by atoms with Crippen molar-refractivity contribution in [2.24, 2.45) is 0 Å². The molecule has 0 bridgehead atoms. The van der Waals surface area contributed by atoms with Crippen LogP contribution in [0.4, 0.5) is 0 Å². The van der Waals surface area contributed by atoms with Crippen molar-refractivity contribution in [1.29, 1.82) is 0 Å². The van der Waals surface area contributed by atoms with Crippen LogP contribution < -0.4 is 0 Å². The molecule has 3 unspecified atom stereocenters. The van der Waals surface area contributed by atoms with Gasteiger partial charge in [-0.05, 0) is 19.9 Å². The summed E-state index contributed by atoms with van der Waals surface area (Å²) in [6.45, 7) is 5.22. The van der Waals surface area contributed by atoms with Gasteiger partial charge in [-0.2, -0.15) is 0 Å². The van der Waals surface area contributed by atoms with Gasteiger partial charge < -0.3 is 15.3 Å². The van der Waals surface area contributed by atoms with Crippen molar-refractivity contribution in [3.8, 4) is 0 Å². The molecule has 0 aromatic carbocycles. The van der Waals surface area contributed by atoms with Crippen LogP contribution in [0.15, 0.2) is 0 Å². The van der Waals surface area contributed by atoms with Crippen LogP contribution in [0, 0.1) is 0 Å². The van der Waals surface area contributed by atoms with E-state index in [1.54, 1.807) is 0 Å². The summed E-state index contributed by atoms with van der Waals surface area (Å²) in [4.78, 5) is 2.00. The number of β-amino-alcohol motifs (C(OH)–C–C–N with tert-alkyl or cyclic N) is 1. The van der Waals surface area contributed by atoms with Crippen molar-refractivity contribution in [2.75, 3.05) is 13.1 Å². The van der Waals surface area contributed by atoms with Gasteiger partial charge in [0.25, 0.3) is 0 Å². The van der Waals surface area contributed by atoms with Gasteiger partial charge >= 0.3 is 0 Å². The number of hydrogen-bond donors (Lipinski definition) is 3. The van der Waals surface area contributed by atoms with Crippen LogP contribution in [-0.4, -0.2) is 57.7 Å². The number of hydrogen-bond acceptors (Lipinski definition) is 4. The van der Waals surface area contributed by atoms with E-state index in [0.717, 1.165) is 13.0 Å². The van der Waals surface area contributed by atoms with Gasteiger partial charge in [-0.25, -0.2) is 0 Å². The predicted molar refractivity (Wildman–Crippen MR) is 49.3 cm³/mol. The van der Waals surface area contributed by atoms with Crippen LogP contribution in [0.1, 0.15) is 20.3 Å². The fraction of sp³-hybridized carbons (Fsp3) is 1.00. The summed E-state index contributed by atoms with van der Waals surface area (Å²) in [5.41, 5.74) is 0. The molecule has 4 heteroatoms. The van der Waals surface area contributed by atoms with Gasteiger partial charge in [-0.1, -0.05) is 6.92 Å². The van der Waals surface area contributed by atoms with Gasteiger partial charge in [-0.15, -0.1) is 0 Å². The second-order valence-corrected chi connectivity index (χ2v) is 3.78. The number of aliphatic hydroxyl groups excluding tert-OH is 3. The summed E-state index contributed by atoms with van der Waals surface area (Å²) in [7, 11) is 0. The summed E-state index contributed by atoms with van der Waals surface area (Å²) >= 11 is 0. The van der Waals surface area contributed by atoms with Crippen LogP contribution in [0.5, 0.6) is 0 Å². The molecular formula is C9H19NO3. The molecule has 13 heavy (non-hydrogen) atoms. The van der Waals surface area contributed by atoms with Gasteiger partial charge in [0.05, 0.1) is 12.2 Å². The first-order chi connectivity index (χ1) is 6.07. The SMILES string of the molecule is CCCN1CC(O)C(O)[C@@H](O)C1C. The Morgan fingerprint density at radius 2 is 1.85 bits per heavy atom. The van der Waals surface area contributed by atoms with Crippen LogP contribution in [-0.2, 0) is 0 Å². The number of nitrogens with zero attached hydrogens (tertiary/aromatic N) is 1. The van der Waals surface area contributed by atoms with E-state index in [0.29, 0.717) is 6.54 Å². The summed E-state index contributed by atoms with van der Waals surface area (Å²) in [6.07, 6.45) is -1.67. The third-order valence-electron chi connectivity index (χ3n) is 2.75. The van der Waals surface area contributed by atoms with Crippen molar-refractivity contribution in [3.63, 3.8) is 0 Å². The average molecular weight is 189 g/mol. The Morgan fingerprint density at radius 3 is 2.38 bits per heavy atom. The molecule has 0 spiro atoms. The molecule has 4 nitrogen and oxygen atoms in total. The minimum absolute atomic E-state index is 0.0710. The first-order valence-electron chi connectivity index (χ1n) is 4.86. The Morgan fingerprint density at radius 1 is 1.23 bits per heavy atom. The van der Waals surface area contributed by atoms with Crippen molar-refractivity contribution >= 4 is 0 Å². The minimum atomic E-state index is -0.997. The molecule has 1 aliphatic heterocycles. The van der Waals surface area contributed by atoms with Crippen LogP contribution in [0.3, 0.4) is 0 Å². The van der Waals surface area contributed by atoms with Crippen molar-refractivity contribution in [1.82, 2.24) is 4.90 Å². The molecule has 0 aliphatic carbocycles. The molecule has 0 aromatic heterocycles. The fourth-order valence-corrected chi connectivity index (χ4v) is 1.83. The van der Waals surface area contributed by atoms with E-state index in [1.165, 1.54) is 0 Å². The summed E-state index contributed by atoms with van der Waals surface area (Å²) in [5, 5.41) is 28.3. The molecule has 1 saturated heterocycles. The highest BCUT2D eigenvalue weighted by atomic mass is 16.4. The fourth-order valence-electron chi connectivity index (χ4n) is 1.83. The maximum absolute atomic E-state index is 9.56. The highest BCUT2D eigenvalue weighted by Gasteiger charge is 2.38. The van der Waals surface area contributed by atoms with Crippen molar-refractivity contribution in [2.45, 2.75) is 44.6 Å². The average Bonchev–Trinajstić information content (AvgIpc) is 2.11. The number of piperidine rings is 1. The van der Waals surface area contributed by atoms with E-state index < -0.39 is 18.3 Å². The topological polar surface area (TPSA) is 63.9 Å². The number of aliphatic hydroxyl groups is 3. The molecule has 1 fully saturated rings. The highest BCUT2D eigenvalue weighted by molar-refractivity contribution is 4.91. The summed E-state index contributed by atoms with van der Waals surface area (Å²) in [6, 6.07) is -0.0710. The number of likely N-dealkylation sites (tertiary alicyclic amines) is 1. The zero-order valence-corrected chi connectivity index (χ0v) is 8.22. The summed E-state index contributed by atoms with van der Waals surface area (Å²) < 4.78 is 0. The lowest BCUT2D eigenvalue weighted by molar-refractivity contribution is -0.132. The van der Waals surface area contributed by atoms with Gasteiger partial charge in [0.2, 0.25) is 0 Å². The van der Waals surface area contributed by atoms with Crippen molar-refractivity contribution in [3.05, 3.63) is 0 Å². The van der Waals surface area contributed by atoms with Crippen LogP contribution in [0.25, 0.3) is 0 Å². The Kier molecular flexibility index (Phi) is 3.67. The van der Waals surface area contributed by atoms with E-state index in [2.05, 4.69) is 6.92 Å². The second-order valence-electron chi connectivity index (χ2n) is 3.78. The largest absolute Gasteiger partial charge is 0.389 e. The summed E-state index contributed by atoms with van der Waals surface area (Å²) in [5.74, 6) is 0. The smallest absolute Gasteiger partial charge is 0.108 e. The molecule has 1 rings (SSSR count). The molecule has 0 amide bonds. The lowest BCUT2D eigenvalue weighted by Crippen LogP contribution is -2.60. The molecule has 0 saturated carbocycles. The lowest BCUT2D eigenvalue weighted by atomic mass is 9.95. The van der Waals surface area contributed by atoms with Crippen LogP contribution >= 0.6 is 0 Å². The van der Waals surface area contributed by atoms with Gasteiger partial charge in [0, 0.05) is 12.6 Å². The molecule has 78 valence electrons. The second kappa shape index (κ2) is 4.37. The third-order valence-corrected chi connectivity index (χ3v) is 2.75. The molecule has 0 radical (unpaired) electrons. The molecule has 3 N–H and O–H groups in total.